The molecule has 5 unspecified atom stereocenters. The molecule has 5 atom stereocenters. The van der Waals surface area contributed by atoms with E-state index in [0.717, 1.165) is 141 Å². The first-order chi connectivity index (χ1) is 48.7. The van der Waals surface area contributed by atoms with Gasteiger partial charge in [0.15, 0.2) is 12.2 Å². The molecule has 0 amide bonds. The van der Waals surface area contributed by atoms with Crippen molar-refractivity contribution in [3.05, 3.63) is 158 Å². The highest BCUT2D eigenvalue weighted by atomic mass is 31.2. The van der Waals surface area contributed by atoms with Crippen LogP contribution in [0.4, 0.5) is 0 Å². The predicted octanol–water partition coefficient (Wildman–Crippen LogP) is 21.7. The van der Waals surface area contributed by atoms with Crippen molar-refractivity contribution in [2.24, 2.45) is 0 Å². The standard InChI is InChI=1S/C81H132O17P2/c1-5-9-13-17-21-25-29-32-35-37-40-42-46-49-53-57-61-65-78(83)91-71-76(97-80(85)67-63-59-55-51-45-28-24-20-16-12-8-4)73-95-99(87,88)93-69-75(82)70-94-100(89,90)96-74-77(98-81(86)68-64-60-56-52-48-44-39-34-31-27-23-19-15-11-7-3)72-92-79(84)66-62-58-54-50-47-43-41-38-36-33-30-26-22-18-14-10-6-2/h9-11,13-15,21-23,25-27,32-36,39-43,48-49,52-53,75-77,82H,5-8,12,16-20,24,28-31,37-38,44-47,50-51,54-74H2,1-4H3,(H,87,88)(H,89,90)/b13-9-,14-10-,15-11-,25-21-,26-22-,27-23-,35-32-,36-33-,39-34-,42-40-,43-41-,52-48-,53-49-. The molecule has 0 saturated heterocycles. The molecule has 0 bridgehead atoms. The van der Waals surface area contributed by atoms with E-state index in [1.165, 1.54) is 38.5 Å². The van der Waals surface area contributed by atoms with Gasteiger partial charge in [-0.2, -0.15) is 0 Å². The summed E-state index contributed by atoms with van der Waals surface area (Å²) in [5.41, 5.74) is 0. The molecule has 0 rings (SSSR count). The van der Waals surface area contributed by atoms with Gasteiger partial charge in [0.25, 0.3) is 0 Å². The van der Waals surface area contributed by atoms with Crippen LogP contribution in [0.15, 0.2) is 158 Å². The Labute approximate surface area is 604 Å². The summed E-state index contributed by atoms with van der Waals surface area (Å²) in [6.45, 7) is 4.36. The fourth-order valence-corrected chi connectivity index (χ4v) is 10.9. The van der Waals surface area contributed by atoms with Crippen molar-refractivity contribution in [1.29, 1.82) is 0 Å². The zero-order chi connectivity index (χ0) is 73.2. The van der Waals surface area contributed by atoms with Gasteiger partial charge in [0, 0.05) is 25.7 Å². The number of hydrogen-bond acceptors (Lipinski definition) is 15. The van der Waals surface area contributed by atoms with E-state index < -0.39 is 97.5 Å². The molecule has 0 aliphatic carbocycles. The van der Waals surface area contributed by atoms with Gasteiger partial charge in [-0.25, -0.2) is 9.13 Å². The largest absolute Gasteiger partial charge is 0.472 e. The molecule has 568 valence electrons. The molecule has 0 fully saturated rings. The van der Waals surface area contributed by atoms with Crippen molar-refractivity contribution in [2.75, 3.05) is 39.6 Å². The average molecular weight is 1440 g/mol. The van der Waals surface area contributed by atoms with Gasteiger partial charge in [-0.15, -0.1) is 0 Å². The maximum Gasteiger partial charge on any atom is 0.472 e. The Morgan fingerprint density at radius 1 is 0.290 bits per heavy atom. The highest BCUT2D eigenvalue weighted by molar-refractivity contribution is 7.47. The van der Waals surface area contributed by atoms with E-state index >= 15 is 0 Å². The van der Waals surface area contributed by atoms with Crippen LogP contribution in [0.2, 0.25) is 0 Å². The number of carbonyl (C=O) groups is 4. The van der Waals surface area contributed by atoms with Gasteiger partial charge in [-0.1, -0.05) is 263 Å². The molecule has 19 heteroatoms. The van der Waals surface area contributed by atoms with Crippen LogP contribution in [-0.4, -0.2) is 96.7 Å². The fraction of sp³-hybridized carbons (Fsp3) is 0.630. The summed E-state index contributed by atoms with van der Waals surface area (Å²) in [4.78, 5) is 72.8. The molecule has 0 aromatic carbocycles. The lowest BCUT2D eigenvalue weighted by Crippen LogP contribution is -2.30. The van der Waals surface area contributed by atoms with E-state index in [1.54, 1.807) is 0 Å². The van der Waals surface area contributed by atoms with Gasteiger partial charge in [-0.3, -0.25) is 37.3 Å². The molecule has 100 heavy (non-hydrogen) atoms. The molecule has 3 N–H and O–H groups in total. The van der Waals surface area contributed by atoms with Crippen LogP contribution in [0, 0.1) is 0 Å². The normalized spacial score (nSPS) is 14.8. The summed E-state index contributed by atoms with van der Waals surface area (Å²) in [7, 11) is -9.99. The van der Waals surface area contributed by atoms with E-state index in [9.17, 15) is 43.2 Å². The van der Waals surface area contributed by atoms with Gasteiger partial charge in [-0.05, 0) is 141 Å². The van der Waals surface area contributed by atoms with Crippen LogP contribution >= 0.6 is 15.6 Å². The zero-order valence-corrected chi connectivity index (χ0v) is 63.6. The van der Waals surface area contributed by atoms with Crippen molar-refractivity contribution in [3.63, 3.8) is 0 Å². The lowest BCUT2D eigenvalue weighted by molar-refractivity contribution is -0.161. The number of aliphatic hydroxyl groups is 1. The van der Waals surface area contributed by atoms with Crippen molar-refractivity contribution in [1.82, 2.24) is 0 Å². The molecule has 0 heterocycles. The summed E-state index contributed by atoms with van der Waals surface area (Å²) in [5, 5.41) is 10.6. The Bertz CT molecular complexity index is 2520. The summed E-state index contributed by atoms with van der Waals surface area (Å²) in [6.07, 6.45) is 82.5. The van der Waals surface area contributed by atoms with Gasteiger partial charge < -0.3 is 33.8 Å². The molecule has 0 saturated carbocycles. The maximum atomic E-state index is 13.1. The van der Waals surface area contributed by atoms with Crippen molar-refractivity contribution in [2.45, 2.75) is 290 Å². The number of phosphoric ester groups is 2. The Kier molecular flexibility index (Phi) is 68.2. The number of hydrogen-bond donors (Lipinski definition) is 3. The fourth-order valence-electron chi connectivity index (χ4n) is 9.35. The number of rotatable bonds is 69. The summed E-state index contributed by atoms with van der Waals surface area (Å²) in [5.74, 6) is -2.33. The number of ether oxygens (including phenoxy) is 4. The molecule has 17 nitrogen and oxygen atoms in total. The van der Waals surface area contributed by atoms with Crippen molar-refractivity contribution in [3.8, 4) is 0 Å². The molecule has 0 aliphatic heterocycles. The molecule has 0 radical (unpaired) electrons. The second kappa shape index (κ2) is 72.0. The summed E-state index contributed by atoms with van der Waals surface area (Å²) >= 11 is 0. The molecule has 0 aromatic heterocycles. The Morgan fingerprint density at radius 3 is 0.860 bits per heavy atom. The smallest absolute Gasteiger partial charge is 0.462 e. The quantitative estimate of drug-likeness (QED) is 0.0169. The minimum Gasteiger partial charge on any atom is -0.462 e. The Balaban J connectivity index is 5.44. The number of aliphatic hydroxyl groups excluding tert-OH is 1. The van der Waals surface area contributed by atoms with Crippen LogP contribution in [0.1, 0.15) is 272 Å². The Hall–Kier alpha value is -5.32. The lowest BCUT2D eigenvalue weighted by atomic mass is 10.1. The molecule has 0 aromatic rings. The first kappa shape index (κ1) is 94.7. The second-order valence-corrected chi connectivity index (χ2v) is 27.4. The predicted molar refractivity (Wildman–Crippen MR) is 408 cm³/mol. The first-order valence-electron chi connectivity index (χ1n) is 37.7. The second-order valence-electron chi connectivity index (χ2n) is 24.5. The topological polar surface area (TPSA) is 237 Å². The number of allylic oxidation sites excluding steroid dienone is 26. The minimum absolute atomic E-state index is 0.0307. The van der Waals surface area contributed by atoms with Crippen molar-refractivity contribution < 1.29 is 80.2 Å². The molecular weight excluding hydrogens is 1310 g/mol. The first-order valence-corrected chi connectivity index (χ1v) is 40.7. The van der Waals surface area contributed by atoms with E-state index in [2.05, 4.69) is 174 Å². The number of phosphoric acid groups is 2. The third-order valence-electron chi connectivity index (χ3n) is 15.0. The van der Waals surface area contributed by atoms with E-state index in [-0.39, 0.29) is 25.7 Å². The average Bonchev–Trinajstić information content (AvgIpc) is 0.989. The lowest BCUT2D eigenvalue weighted by Gasteiger charge is -2.21. The Morgan fingerprint density at radius 2 is 0.530 bits per heavy atom. The number of unbranched alkanes of at least 4 members (excludes halogenated alkanes) is 17. The van der Waals surface area contributed by atoms with Crippen molar-refractivity contribution >= 4 is 39.5 Å². The monoisotopic (exact) mass is 1440 g/mol. The molecular formula is C81H132O17P2. The van der Waals surface area contributed by atoms with Gasteiger partial charge >= 0.3 is 39.5 Å². The van der Waals surface area contributed by atoms with Crippen LogP contribution in [0.3, 0.4) is 0 Å². The third kappa shape index (κ3) is 71.1. The maximum absolute atomic E-state index is 13.1. The van der Waals surface area contributed by atoms with Gasteiger partial charge in [0.1, 0.15) is 19.3 Å². The highest BCUT2D eigenvalue weighted by Gasteiger charge is 2.30. The SMILES string of the molecule is CC/C=C\C/C=C\C/C=C\C/C=C\C/C=C\CCCC(=O)OCC(COP(=O)(O)OCC(O)COP(=O)(O)OCC(COC(=O)CCCCCC/C=C\C/C=C\C/C=C\C/C=C\CC)OC(=O)CCCC/C=C\C/C=C\C/C=C\C/C=C\CC)OC(=O)CCCCCCCCCCCCC. The molecule has 0 spiro atoms. The van der Waals surface area contributed by atoms with Crippen LogP contribution in [0.25, 0.3) is 0 Å². The minimum atomic E-state index is -5.00. The summed E-state index contributed by atoms with van der Waals surface area (Å²) < 4.78 is 68.3. The van der Waals surface area contributed by atoms with E-state index in [1.807, 2.05) is 12.2 Å². The van der Waals surface area contributed by atoms with E-state index in [0.29, 0.717) is 38.5 Å². The summed E-state index contributed by atoms with van der Waals surface area (Å²) in [6, 6.07) is 0. The van der Waals surface area contributed by atoms with Gasteiger partial charge in [0.2, 0.25) is 0 Å². The van der Waals surface area contributed by atoms with Crippen LogP contribution < -0.4 is 0 Å². The van der Waals surface area contributed by atoms with Crippen LogP contribution in [-0.2, 0) is 65.4 Å². The molecule has 0 aliphatic rings. The number of esters is 4. The van der Waals surface area contributed by atoms with Crippen LogP contribution in [0.5, 0.6) is 0 Å². The third-order valence-corrected chi connectivity index (χ3v) is 16.9. The highest BCUT2D eigenvalue weighted by Crippen LogP contribution is 2.45. The zero-order valence-electron chi connectivity index (χ0n) is 61.8. The van der Waals surface area contributed by atoms with E-state index in [4.69, 9.17) is 37.0 Å². The number of carbonyl (C=O) groups excluding carboxylic acids is 4. The van der Waals surface area contributed by atoms with Gasteiger partial charge in [0.05, 0.1) is 26.4 Å².